The summed E-state index contributed by atoms with van der Waals surface area (Å²) in [4.78, 5) is 0.563. The number of hydrogen-bond acceptors (Lipinski definition) is 4. The number of nitrogens with two attached hydrogens (primary N) is 1. The van der Waals surface area contributed by atoms with Crippen molar-refractivity contribution in [2.24, 2.45) is 0 Å². The maximum absolute atomic E-state index is 11.9. The summed E-state index contributed by atoms with van der Waals surface area (Å²) >= 11 is 5.83. The van der Waals surface area contributed by atoms with Crippen molar-refractivity contribution >= 4 is 28.1 Å². The van der Waals surface area contributed by atoms with Gasteiger partial charge in [-0.15, -0.1) is 0 Å². The van der Waals surface area contributed by atoms with Gasteiger partial charge in [0.1, 0.15) is 0 Å². The lowest BCUT2D eigenvalue weighted by molar-refractivity contribution is 0.0787. The third-order valence-electron chi connectivity index (χ3n) is 2.07. The van der Waals surface area contributed by atoms with Gasteiger partial charge in [-0.1, -0.05) is 11.6 Å². The van der Waals surface area contributed by atoms with E-state index in [9.17, 15) is 4.21 Å². The number of anilines is 1. The van der Waals surface area contributed by atoms with Crippen LogP contribution in [0.15, 0.2) is 23.1 Å². The Morgan fingerprint density at radius 1 is 1.35 bits per heavy atom. The Labute approximate surface area is 109 Å². The fraction of sp³-hybridized carbons (Fsp3) is 0.455. The minimum Gasteiger partial charge on any atom is -0.398 e. The highest BCUT2D eigenvalue weighted by Gasteiger charge is 2.08. The van der Waals surface area contributed by atoms with Crippen LogP contribution in [-0.2, 0) is 20.3 Å². The summed E-state index contributed by atoms with van der Waals surface area (Å²) in [6.45, 7) is 1.44. The first-order chi connectivity index (χ1) is 8.15. The normalized spacial score (nSPS) is 12.6. The summed E-state index contributed by atoms with van der Waals surface area (Å²) in [6, 6.07) is 4.95. The molecule has 0 fully saturated rings. The molecule has 1 unspecified atom stereocenters. The van der Waals surface area contributed by atoms with E-state index in [1.165, 1.54) is 0 Å². The summed E-state index contributed by atoms with van der Waals surface area (Å²) in [6.07, 6.45) is 0. The lowest BCUT2D eigenvalue weighted by Crippen LogP contribution is -2.10. The van der Waals surface area contributed by atoms with E-state index in [1.807, 2.05) is 0 Å². The van der Waals surface area contributed by atoms with E-state index in [-0.39, 0.29) is 0 Å². The average molecular weight is 278 g/mol. The highest BCUT2D eigenvalue weighted by atomic mass is 35.5. The zero-order chi connectivity index (χ0) is 12.7. The maximum Gasteiger partial charge on any atom is 0.0700 e. The van der Waals surface area contributed by atoms with Crippen molar-refractivity contribution in [2.75, 3.05) is 38.4 Å². The van der Waals surface area contributed by atoms with Gasteiger partial charge in [-0.25, -0.2) is 0 Å². The van der Waals surface area contributed by atoms with Gasteiger partial charge in [0, 0.05) is 17.8 Å². The van der Waals surface area contributed by atoms with Crippen LogP contribution in [-0.4, -0.2) is 36.9 Å². The molecule has 0 aliphatic carbocycles. The van der Waals surface area contributed by atoms with Crippen LogP contribution < -0.4 is 5.73 Å². The molecule has 0 spiro atoms. The van der Waals surface area contributed by atoms with Crippen molar-refractivity contribution in [3.05, 3.63) is 23.2 Å². The zero-order valence-corrected chi connectivity index (χ0v) is 11.2. The SMILES string of the molecule is COCCOCCS(=O)c1cc(Cl)ccc1N. The lowest BCUT2D eigenvalue weighted by atomic mass is 10.3. The van der Waals surface area contributed by atoms with Gasteiger partial charge in [-0.2, -0.15) is 0 Å². The van der Waals surface area contributed by atoms with E-state index in [1.54, 1.807) is 25.3 Å². The predicted molar refractivity (Wildman–Crippen MR) is 69.8 cm³/mol. The number of nitrogen functional groups attached to an aromatic ring is 1. The smallest absolute Gasteiger partial charge is 0.0700 e. The highest BCUT2D eigenvalue weighted by molar-refractivity contribution is 7.85. The van der Waals surface area contributed by atoms with Crippen molar-refractivity contribution < 1.29 is 13.7 Å². The van der Waals surface area contributed by atoms with E-state index in [0.29, 0.717) is 41.2 Å². The minimum absolute atomic E-state index is 0.397. The Hall–Kier alpha value is -0.620. The first-order valence-corrected chi connectivity index (χ1v) is 6.85. The fourth-order valence-corrected chi connectivity index (χ4v) is 2.51. The van der Waals surface area contributed by atoms with Gasteiger partial charge in [0.25, 0.3) is 0 Å². The lowest BCUT2D eigenvalue weighted by Gasteiger charge is -2.07. The van der Waals surface area contributed by atoms with Gasteiger partial charge >= 0.3 is 0 Å². The molecule has 0 aliphatic rings. The molecule has 1 aromatic carbocycles. The number of benzene rings is 1. The number of rotatable bonds is 7. The monoisotopic (exact) mass is 277 g/mol. The van der Waals surface area contributed by atoms with Crippen molar-refractivity contribution in [1.82, 2.24) is 0 Å². The van der Waals surface area contributed by atoms with Gasteiger partial charge < -0.3 is 15.2 Å². The second kappa shape index (κ2) is 7.66. The number of hydrogen-bond donors (Lipinski definition) is 1. The van der Waals surface area contributed by atoms with E-state index in [0.717, 1.165) is 0 Å². The molecule has 0 aliphatic heterocycles. The van der Waals surface area contributed by atoms with Crippen LogP contribution in [0.25, 0.3) is 0 Å². The van der Waals surface area contributed by atoms with Gasteiger partial charge in [-0.05, 0) is 18.2 Å². The Balaban J connectivity index is 2.44. The molecular formula is C11H16ClNO3S. The fourth-order valence-electron chi connectivity index (χ4n) is 1.19. The Morgan fingerprint density at radius 3 is 2.82 bits per heavy atom. The molecule has 4 nitrogen and oxygen atoms in total. The van der Waals surface area contributed by atoms with Crippen molar-refractivity contribution in [1.29, 1.82) is 0 Å². The maximum atomic E-state index is 11.9. The molecule has 0 aromatic heterocycles. The van der Waals surface area contributed by atoms with Gasteiger partial charge in [0.15, 0.2) is 0 Å². The number of ether oxygens (including phenoxy) is 2. The van der Waals surface area contributed by atoms with Crippen LogP contribution in [0.4, 0.5) is 5.69 Å². The zero-order valence-electron chi connectivity index (χ0n) is 9.65. The summed E-state index contributed by atoms with van der Waals surface area (Å²) in [5.41, 5.74) is 6.22. The molecule has 1 aromatic rings. The molecular weight excluding hydrogens is 262 g/mol. The van der Waals surface area contributed by atoms with Crippen LogP contribution in [0, 0.1) is 0 Å². The minimum atomic E-state index is -1.19. The van der Waals surface area contributed by atoms with Crippen LogP contribution in [0.2, 0.25) is 5.02 Å². The van der Waals surface area contributed by atoms with Gasteiger partial charge in [-0.3, -0.25) is 4.21 Å². The molecule has 96 valence electrons. The van der Waals surface area contributed by atoms with Crippen molar-refractivity contribution in [2.45, 2.75) is 4.90 Å². The molecule has 0 radical (unpaired) electrons. The Kier molecular flexibility index (Phi) is 6.50. The predicted octanol–water partition coefficient (Wildman–Crippen LogP) is 1.69. The van der Waals surface area contributed by atoms with E-state index < -0.39 is 10.8 Å². The Morgan fingerprint density at radius 2 is 2.12 bits per heavy atom. The van der Waals surface area contributed by atoms with Crippen molar-refractivity contribution in [3.8, 4) is 0 Å². The molecule has 0 amide bonds. The molecule has 17 heavy (non-hydrogen) atoms. The van der Waals surface area contributed by atoms with Crippen LogP contribution in [0.3, 0.4) is 0 Å². The van der Waals surface area contributed by atoms with Crippen LogP contribution in [0.1, 0.15) is 0 Å². The molecule has 2 N–H and O–H groups in total. The summed E-state index contributed by atoms with van der Waals surface area (Å²) in [5.74, 6) is 0.397. The second-order valence-electron chi connectivity index (χ2n) is 3.34. The number of halogens is 1. The third-order valence-corrected chi connectivity index (χ3v) is 3.68. The largest absolute Gasteiger partial charge is 0.398 e. The molecule has 0 saturated carbocycles. The first-order valence-electron chi connectivity index (χ1n) is 5.15. The standard InChI is InChI=1S/C11H16ClNO3S/c1-15-4-5-16-6-7-17(14)11-8-9(12)2-3-10(11)13/h2-3,8H,4-7,13H2,1H3. The van der Waals surface area contributed by atoms with Crippen LogP contribution in [0.5, 0.6) is 0 Å². The second-order valence-corrected chi connectivity index (χ2v) is 5.31. The van der Waals surface area contributed by atoms with E-state index in [4.69, 9.17) is 26.8 Å². The molecule has 0 bridgehead atoms. The highest BCUT2D eigenvalue weighted by Crippen LogP contribution is 2.21. The van der Waals surface area contributed by atoms with E-state index >= 15 is 0 Å². The quantitative estimate of drug-likeness (QED) is 0.609. The molecule has 1 rings (SSSR count). The first kappa shape index (κ1) is 14.4. The van der Waals surface area contributed by atoms with Gasteiger partial charge in [0.2, 0.25) is 0 Å². The molecule has 0 heterocycles. The summed E-state index contributed by atoms with van der Waals surface area (Å²) in [5, 5.41) is 0.530. The summed E-state index contributed by atoms with van der Waals surface area (Å²) < 4.78 is 22.0. The summed E-state index contributed by atoms with van der Waals surface area (Å²) in [7, 11) is 0.419. The molecule has 6 heteroatoms. The van der Waals surface area contributed by atoms with Crippen molar-refractivity contribution in [3.63, 3.8) is 0 Å². The third kappa shape index (κ3) is 5.04. The molecule has 1 atom stereocenters. The van der Waals surface area contributed by atoms with E-state index in [2.05, 4.69) is 0 Å². The van der Waals surface area contributed by atoms with Crippen LogP contribution >= 0.6 is 11.6 Å². The van der Waals surface area contributed by atoms with Gasteiger partial charge in [0.05, 0.1) is 41.3 Å². The topological polar surface area (TPSA) is 61.5 Å². The number of methoxy groups -OCH3 is 1. The Bertz CT molecular complexity index is 387. The molecule has 0 saturated heterocycles. The average Bonchev–Trinajstić information content (AvgIpc) is 2.32.